The molecule has 0 bridgehead atoms. The molecule has 0 saturated carbocycles. The largest absolute Gasteiger partial charge is 0.372 e. The minimum absolute atomic E-state index is 0.173. The summed E-state index contributed by atoms with van der Waals surface area (Å²) in [6.45, 7) is 10.2. The van der Waals surface area contributed by atoms with Crippen molar-refractivity contribution in [1.82, 2.24) is 10.2 Å². The SMILES string of the molecule is CCC1CN(C(=O)CC(C)C2CCNCC2)CC(C)O1. The number of morpholine rings is 1. The van der Waals surface area contributed by atoms with Crippen LogP contribution in [0.25, 0.3) is 0 Å². The molecule has 2 heterocycles. The maximum Gasteiger partial charge on any atom is 0.223 e. The number of piperidine rings is 1. The minimum atomic E-state index is 0.173. The summed E-state index contributed by atoms with van der Waals surface area (Å²) < 4.78 is 5.83. The van der Waals surface area contributed by atoms with Crippen molar-refractivity contribution in [3.63, 3.8) is 0 Å². The first-order valence-corrected chi connectivity index (χ1v) is 8.24. The van der Waals surface area contributed by atoms with E-state index in [1.807, 2.05) is 4.90 Å². The van der Waals surface area contributed by atoms with Crippen LogP contribution in [0.1, 0.15) is 46.5 Å². The van der Waals surface area contributed by atoms with Gasteiger partial charge in [-0.25, -0.2) is 0 Å². The maximum atomic E-state index is 12.5. The summed E-state index contributed by atoms with van der Waals surface area (Å²) in [4.78, 5) is 14.5. The first kappa shape index (κ1) is 15.8. The van der Waals surface area contributed by atoms with E-state index in [-0.39, 0.29) is 12.2 Å². The molecule has 4 nitrogen and oxygen atoms in total. The van der Waals surface area contributed by atoms with Crippen LogP contribution in [0.15, 0.2) is 0 Å². The fourth-order valence-corrected chi connectivity index (χ4v) is 3.46. The topological polar surface area (TPSA) is 41.6 Å². The van der Waals surface area contributed by atoms with Crippen LogP contribution in [0.4, 0.5) is 0 Å². The molecule has 4 heteroatoms. The van der Waals surface area contributed by atoms with Gasteiger partial charge in [0, 0.05) is 19.5 Å². The highest BCUT2D eigenvalue weighted by molar-refractivity contribution is 5.76. The van der Waals surface area contributed by atoms with Crippen molar-refractivity contribution in [3.05, 3.63) is 0 Å². The lowest BCUT2D eigenvalue weighted by Crippen LogP contribution is -2.49. The molecular weight excluding hydrogens is 252 g/mol. The molecule has 0 spiro atoms. The standard InChI is InChI=1S/C16H30N2O2/c1-4-15-11-18(10-13(3)20-15)16(19)9-12(2)14-5-7-17-8-6-14/h12-15,17H,4-11H2,1-3H3. The van der Waals surface area contributed by atoms with Gasteiger partial charge in [-0.05, 0) is 51.1 Å². The number of nitrogens with zero attached hydrogens (tertiary/aromatic N) is 1. The van der Waals surface area contributed by atoms with E-state index >= 15 is 0 Å². The zero-order valence-corrected chi connectivity index (χ0v) is 13.2. The predicted molar refractivity (Wildman–Crippen MR) is 80.6 cm³/mol. The summed E-state index contributed by atoms with van der Waals surface area (Å²) in [6, 6.07) is 0. The number of amides is 1. The molecule has 0 aromatic heterocycles. The second-order valence-electron chi connectivity index (χ2n) is 6.54. The highest BCUT2D eigenvalue weighted by Gasteiger charge is 2.29. The van der Waals surface area contributed by atoms with Crippen molar-refractivity contribution < 1.29 is 9.53 Å². The van der Waals surface area contributed by atoms with Gasteiger partial charge in [0.25, 0.3) is 0 Å². The quantitative estimate of drug-likeness (QED) is 0.858. The molecule has 1 amide bonds. The van der Waals surface area contributed by atoms with Crippen molar-refractivity contribution in [2.24, 2.45) is 11.8 Å². The minimum Gasteiger partial charge on any atom is -0.372 e. The van der Waals surface area contributed by atoms with E-state index in [4.69, 9.17) is 4.74 Å². The summed E-state index contributed by atoms with van der Waals surface area (Å²) in [5.74, 6) is 1.54. The van der Waals surface area contributed by atoms with E-state index in [9.17, 15) is 4.79 Å². The highest BCUT2D eigenvalue weighted by atomic mass is 16.5. The third-order valence-corrected chi connectivity index (χ3v) is 4.82. The Morgan fingerprint density at radius 2 is 2.05 bits per heavy atom. The zero-order valence-electron chi connectivity index (χ0n) is 13.2. The van der Waals surface area contributed by atoms with Crippen LogP contribution in [0.5, 0.6) is 0 Å². The lowest BCUT2D eigenvalue weighted by atomic mass is 9.84. The molecular formula is C16H30N2O2. The number of nitrogens with one attached hydrogen (secondary N) is 1. The van der Waals surface area contributed by atoms with Gasteiger partial charge in [-0.15, -0.1) is 0 Å². The second-order valence-corrected chi connectivity index (χ2v) is 6.54. The van der Waals surface area contributed by atoms with Crippen molar-refractivity contribution in [2.45, 2.75) is 58.7 Å². The summed E-state index contributed by atoms with van der Waals surface area (Å²) in [5, 5.41) is 3.39. The summed E-state index contributed by atoms with van der Waals surface area (Å²) >= 11 is 0. The maximum absolute atomic E-state index is 12.5. The molecule has 0 aromatic rings. The van der Waals surface area contributed by atoms with Crippen LogP contribution in [-0.4, -0.2) is 49.2 Å². The molecule has 0 radical (unpaired) electrons. The molecule has 20 heavy (non-hydrogen) atoms. The molecule has 2 aliphatic rings. The smallest absolute Gasteiger partial charge is 0.223 e. The highest BCUT2D eigenvalue weighted by Crippen LogP contribution is 2.25. The van der Waals surface area contributed by atoms with Crippen LogP contribution in [0, 0.1) is 11.8 Å². The zero-order chi connectivity index (χ0) is 14.5. The molecule has 3 unspecified atom stereocenters. The lowest BCUT2D eigenvalue weighted by molar-refractivity contribution is -0.145. The number of rotatable bonds is 4. The van der Waals surface area contributed by atoms with E-state index in [0.717, 1.165) is 32.6 Å². The molecule has 0 aliphatic carbocycles. The molecule has 2 fully saturated rings. The molecule has 2 rings (SSSR count). The number of carbonyl (C=O) groups excluding carboxylic acids is 1. The molecule has 2 saturated heterocycles. The first-order chi connectivity index (χ1) is 9.60. The van der Waals surface area contributed by atoms with Gasteiger partial charge >= 0.3 is 0 Å². The van der Waals surface area contributed by atoms with Gasteiger partial charge in [-0.1, -0.05) is 13.8 Å². The third kappa shape index (κ3) is 4.19. The Kier molecular flexibility index (Phi) is 5.85. The van der Waals surface area contributed by atoms with Crippen LogP contribution < -0.4 is 5.32 Å². The van der Waals surface area contributed by atoms with Crippen LogP contribution in [0.2, 0.25) is 0 Å². The molecule has 3 atom stereocenters. The van der Waals surface area contributed by atoms with Crippen molar-refractivity contribution in [3.8, 4) is 0 Å². The normalized spacial score (nSPS) is 30.2. The van der Waals surface area contributed by atoms with Gasteiger partial charge in [0.1, 0.15) is 0 Å². The Hall–Kier alpha value is -0.610. The summed E-state index contributed by atoms with van der Waals surface area (Å²) in [5.41, 5.74) is 0. The molecule has 1 N–H and O–H groups in total. The number of hydrogen-bond acceptors (Lipinski definition) is 3. The van der Waals surface area contributed by atoms with Crippen molar-refractivity contribution >= 4 is 5.91 Å². The lowest BCUT2D eigenvalue weighted by Gasteiger charge is -2.37. The fourth-order valence-electron chi connectivity index (χ4n) is 3.46. The molecule has 2 aliphatic heterocycles. The second kappa shape index (κ2) is 7.41. The third-order valence-electron chi connectivity index (χ3n) is 4.82. The van der Waals surface area contributed by atoms with Gasteiger partial charge in [-0.3, -0.25) is 4.79 Å². The van der Waals surface area contributed by atoms with Crippen LogP contribution >= 0.6 is 0 Å². The van der Waals surface area contributed by atoms with Gasteiger partial charge in [0.05, 0.1) is 12.2 Å². The number of ether oxygens (including phenoxy) is 1. The van der Waals surface area contributed by atoms with E-state index in [0.29, 0.717) is 24.2 Å². The van der Waals surface area contributed by atoms with Crippen LogP contribution in [-0.2, 0) is 9.53 Å². The average Bonchev–Trinajstić information content (AvgIpc) is 2.47. The Labute approximate surface area is 123 Å². The molecule has 116 valence electrons. The van der Waals surface area contributed by atoms with E-state index < -0.39 is 0 Å². The predicted octanol–water partition coefficient (Wildman–Crippen LogP) is 2.04. The number of carbonyl (C=O) groups is 1. The van der Waals surface area contributed by atoms with Gasteiger partial charge in [0.15, 0.2) is 0 Å². The Morgan fingerprint density at radius 3 is 2.70 bits per heavy atom. The van der Waals surface area contributed by atoms with E-state index in [1.165, 1.54) is 12.8 Å². The van der Waals surface area contributed by atoms with Gasteiger partial charge in [-0.2, -0.15) is 0 Å². The fraction of sp³-hybridized carbons (Fsp3) is 0.938. The summed E-state index contributed by atoms with van der Waals surface area (Å²) in [6.07, 6.45) is 4.51. The van der Waals surface area contributed by atoms with E-state index in [1.54, 1.807) is 0 Å². The van der Waals surface area contributed by atoms with Crippen molar-refractivity contribution in [1.29, 1.82) is 0 Å². The Balaban J connectivity index is 1.83. The Morgan fingerprint density at radius 1 is 1.35 bits per heavy atom. The molecule has 0 aromatic carbocycles. The van der Waals surface area contributed by atoms with Crippen LogP contribution in [0.3, 0.4) is 0 Å². The first-order valence-electron chi connectivity index (χ1n) is 8.24. The monoisotopic (exact) mass is 282 g/mol. The van der Waals surface area contributed by atoms with Gasteiger partial charge < -0.3 is 15.0 Å². The van der Waals surface area contributed by atoms with Crippen molar-refractivity contribution in [2.75, 3.05) is 26.2 Å². The summed E-state index contributed by atoms with van der Waals surface area (Å²) in [7, 11) is 0. The number of hydrogen-bond donors (Lipinski definition) is 1. The van der Waals surface area contributed by atoms with Gasteiger partial charge in [0.2, 0.25) is 5.91 Å². The average molecular weight is 282 g/mol. The van der Waals surface area contributed by atoms with E-state index in [2.05, 4.69) is 26.1 Å². The Bertz CT molecular complexity index is 316.